The van der Waals surface area contributed by atoms with Crippen LogP contribution < -0.4 is 0 Å². The third-order valence-electron chi connectivity index (χ3n) is 8.49. The quantitative estimate of drug-likeness (QED) is 0.219. The van der Waals surface area contributed by atoms with E-state index in [1.165, 1.54) is 107 Å². The topological polar surface area (TPSA) is 0 Å². The Kier molecular flexibility index (Phi) is 5.56. The third kappa shape index (κ3) is 3.26. The maximum atomic E-state index is 2.51. The van der Waals surface area contributed by atoms with Gasteiger partial charge in [-0.25, -0.2) is 0 Å². The van der Waals surface area contributed by atoms with Crippen LogP contribution >= 0.6 is 0 Å². The lowest BCUT2D eigenvalue weighted by Gasteiger charge is -2.25. The van der Waals surface area contributed by atoms with Crippen LogP contribution in [0.15, 0.2) is 60.2 Å². The molecule has 0 heterocycles. The van der Waals surface area contributed by atoms with Crippen molar-refractivity contribution in [3.8, 4) is 11.1 Å². The average Bonchev–Trinajstić information content (AvgIpc) is 3.21. The summed E-state index contributed by atoms with van der Waals surface area (Å²) in [6, 6.07) is 20.7. The Morgan fingerprint density at radius 3 is 2.06 bits per heavy atom. The second-order valence-corrected chi connectivity index (χ2v) is 10.6. The Morgan fingerprint density at radius 2 is 1.29 bits per heavy atom. The summed E-state index contributed by atoms with van der Waals surface area (Å²) in [5.41, 5.74) is 13.9. The molecule has 0 spiro atoms. The number of allylic oxidation sites excluding steroid dienone is 1. The van der Waals surface area contributed by atoms with Gasteiger partial charge in [-0.2, -0.15) is 0 Å². The molecular formula is C34H36. The number of rotatable bonds is 7. The van der Waals surface area contributed by atoms with Gasteiger partial charge in [-0.1, -0.05) is 99.2 Å². The van der Waals surface area contributed by atoms with Crippen LogP contribution in [0.4, 0.5) is 0 Å². The van der Waals surface area contributed by atoms with E-state index in [0.717, 1.165) is 0 Å². The summed E-state index contributed by atoms with van der Waals surface area (Å²) >= 11 is 0. The van der Waals surface area contributed by atoms with Gasteiger partial charge in [-0.3, -0.25) is 0 Å². The van der Waals surface area contributed by atoms with Crippen molar-refractivity contribution in [1.29, 1.82) is 0 Å². The van der Waals surface area contributed by atoms with E-state index in [4.69, 9.17) is 0 Å². The molecular weight excluding hydrogens is 408 g/mol. The van der Waals surface area contributed by atoms with E-state index in [9.17, 15) is 0 Å². The number of fused-ring (bicyclic) bond motifs is 7. The molecule has 0 saturated heterocycles. The number of unbranched alkanes of at least 4 members (excludes halogenated alkanes) is 5. The van der Waals surface area contributed by atoms with E-state index in [-0.39, 0.29) is 0 Å². The summed E-state index contributed by atoms with van der Waals surface area (Å²) in [7, 11) is 0. The SMILES string of the molecule is CCCCCCCCC1=C2c3cc(C)c4ccccc4c3-c3c2c(c(C)c2ccccc32)CC1. The van der Waals surface area contributed by atoms with Crippen LogP contribution in [-0.4, -0.2) is 0 Å². The molecule has 0 bridgehead atoms. The van der Waals surface area contributed by atoms with Gasteiger partial charge in [0, 0.05) is 0 Å². The summed E-state index contributed by atoms with van der Waals surface area (Å²) in [6.07, 6.45) is 11.9. The fourth-order valence-electron chi connectivity index (χ4n) is 6.81. The molecule has 0 aromatic heterocycles. The van der Waals surface area contributed by atoms with E-state index >= 15 is 0 Å². The van der Waals surface area contributed by atoms with Crippen LogP contribution in [0.25, 0.3) is 38.2 Å². The first-order valence-corrected chi connectivity index (χ1v) is 13.5. The van der Waals surface area contributed by atoms with Crippen molar-refractivity contribution in [3.63, 3.8) is 0 Å². The summed E-state index contributed by atoms with van der Waals surface area (Å²) in [4.78, 5) is 0. The van der Waals surface area contributed by atoms with Gasteiger partial charge in [0.25, 0.3) is 0 Å². The van der Waals surface area contributed by atoms with E-state index in [1.54, 1.807) is 22.3 Å². The van der Waals surface area contributed by atoms with Crippen molar-refractivity contribution in [2.24, 2.45) is 0 Å². The Balaban J connectivity index is 1.59. The van der Waals surface area contributed by atoms with Crippen molar-refractivity contribution < 1.29 is 0 Å². The predicted molar refractivity (Wildman–Crippen MR) is 149 cm³/mol. The van der Waals surface area contributed by atoms with Gasteiger partial charge >= 0.3 is 0 Å². The maximum absolute atomic E-state index is 2.51. The summed E-state index contributed by atoms with van der Waals surface area (Å²) < 4.78 is 0. The van der Waals surface area contributed by atoms with Crippen LogP contribution in [0.5, 0.6) is 0 Å². The van der Waals surface area contributed by atoms with Crippen LogP contribution in [-0.2, 0) is 6.42 Å². The lowest BCUT2D eigenvalue weighted by atomic mass is 9.79. The zero-order valence-corrected chi connectivity index (χ0v) is 21.1. The van der Waals surface area contributed by atoms with Crippen molar-refractivity contribution >= 4 is 27.1 Å². The number of aryl methyl sites for hydroxylation is 2. The lowest BCUT2D eigenvalue weighted by molar-refractivity contribution is 0.601. The zero-order valence-electron chi connectivity index (χ0n) is 21.1. The molecule has 0 amide bonds. The second-order valence-electron chi connectivity index (χ2n) is 10.6. The molecule has 0 aliphatic heterocycles. The van der Waals surface area contributed by atoms with Crippen LogP contribution in [0, 0.1) is 13.8 Å². The van der Waals surface area contributed by atoms with E-state index < -0.39 is 0 Å². The van der Waals surface area contributed by atoms with Crippen molar-refractivity contribution in [3.05, 3.63) is 88.0 Å². The summed E-state index contributed by atoms with van der Waals surface area (Å²) in [6.45, 7) is 6.96. The van der Waals surface area contributed by atoms with Crippen molar-refractivity contribution in [2.75, 3.05) is 0 Å². The monoisotopic (exact) mass is 444 g/mol. The second kappa shape index (κ2) is 8.73. The largest absolute Gasteiger partial charge is 0.0654 e. The normalized spacial score (nSPS) is 14.2. The minimum absolute atomic E-state index is 1.19. The molecule has 0 fully saturated rings. The van der Waals surface area contributed by atoms with Gasteiger partial charge in [0.15, 0.2) is 0 Å². The van der Waals surface area contributed by atoms with Gasteiger partial charge < -0.3 is 0 Å². The Hall–Kier alpha value is -2.86. The first kappa shape index (κ1) is 21.7. The molecule has 0 N–H and O–H groups in total. The van der Waals surface area contributed by atoms with Gasteiger partial charge in [0.05, 0.1) is 0 Å². The molecule has 6 rings (SSSR count). The first-order chi connectivity index (χ1) is 16.7. The van der Waals surface area contributed by atoms with Gasteiger partial charge in [0.1, 0.15) is 0 Å². The maximum Gasteiger partial charge on any atom is -0.00111 e. The highest BCUT2D eigenvalue weighted by atomic mass is 14.4. The molecule has 172 valence electrons. The number of hydrogen-bond donors (Lipinski definition) is 0. The Bertz CT molecular complexity index is 1450. The molecule has 0 radical (unpaired) electrons. The smallest absolute Gasteiger partial charge is 0.00111 e. The highest BCUT2D eigenvalue weighted by molar-refractivity contribution is 6.20. The molecule has 2 aliphatic rings. The van der Waals surface area contributed by atoms with Gasteiger partial charge in [0.2, 0.25) is 0 Å². The molecule has 4 aromatic carbocycles. The lowest BCUT2D eigenvalue weighted by Crippen LogP contribution is -2.07. The molecule has 0 unspecified atom stereocenters. The fourth-order valence-corrected chi connectivity index (χ4v) is 6.81. The molecule has 0 heteroatoms. The van der Waals surface area contributed by atoms with Crippen LogP contribution in [0.3, 0.4) is 0 Å². The molecule has 4 aromatic rings. The van der Waals surface area contributed by atoms with Gasteiger partial charge in [-0.15, -0.1) is 0 Å². The molecule has 34 heavy (non-hydrogen) atoms. The van der Waals surface area contributed by atoms with Gasteiger partial charge in [-0.05, 0) is 106 Å². The molecule has 0 atom stereocenters. The molecule has 2 aliphatic carbocycles. The summed E-state index contributed by atoms with van der Waals surface area (Å²) in [5, 5.41) is 5.70. The average molecular weight is 445 g/mol. The third-order valence-corrected chi connectivity index (χ3v) is 8.49. The fraction of sp³-hybridized carbons (Fsp3) is 0.353. The Labute approximate surface area is 204 Å². The van der Waals surface area contributed by atoms with E-state index in [0.29, 0.717) is 0 Å². The molecule has 0 nitrogen and oxygen atoms in total. The van der Waals surface area contributed by atoms with Crippen molar-refractivity contribution in [2.45, 2.75) is 78.6 Å². The van der Waals surface area contributed by atoms with Crippen molar-refractivity contribution in [1.82, 2.24) is 0 Å². The van der Waals surface area contributed by atoms with Crippen LogP contribution in [0.1, 0.15) is 86.1 Å². The highest BCUT2D eigenvalue weighted by Crippen LogP contribution is 2.56. The zero-order chi connectivity index (χ0) is 23.2. The number of benzene rings is 4. The van der Waals surface area contributed by atoms with E-state index in [2.05, 4.69) is 75.4 Å². The number of hydrogen-bond acceptors (Lipinski definition) is 0. The minimum Gasteiger partial charge on any atom is -0.0654 e. The summed E-state index contributed by atoms with van der Waals surface area (Å²) in [5.74, 6) is 0. The van der Waals surface area contributed by atoms with E-state index in [1.807, 2.05) is 0 Å². The highest BCUT2D eigenvalue weighted by Gasteiger charge is 2.35. The Morgan fingerprint density at radius 1 is 0.647 bits per heavy atom. The standard InChI is InChI=1S/C34H36/c1-4-5-6-7-8-9-14-24-19-20-27-23(3)26-16-11-13-18-29(26)34-32-28-17-12-10-15-25(28)22(2)21-30(32)31(24)33(27)34/h10-13,15-18,21H,4-9,14,19-20H2,1-3H3. The minimum atomic E-state index is 1.19. The first-order valence-electron chi connectivity index (χ1n) is 13.5. The molecule has 0 saturated carbocycles. The predicted octanol–water partition coefficient (Wildman–Crippen LogP) is 10.1. The van der Waals surface area contributed by atoms with Crippen LogP contribution in [0.2, 0.25) is 0 Å².